The molecule has 0 aliphatic rings. The van der Waals surface area contributed by atoms with Gasteiger partial charge in [-0.2, -0.15) is 15.0 Å². The van der Waals surface area contributed by atoms with Gasteiger partial charge in [0.05, 0.1) is 18.9 Å². The number of aromatic nitrogens is 3. The first-order valence-corrected chi connectivity index (χ1v) is 7.31. The van der Waals surface area contributed by atoms with E-state index in [-0.39, 0.29) is 29.2 Å². The molecule has 3 rings (SSSR count). The maximum atomic E-state index is 9.57. The molecule has 2 N–H and O–H groups in total. The van der Waals surface area contributed by atoms with Crippen LogP contribution >= 0.6 is 23.2 Å². The number of benzene rings is 1. The fourth-order valence-corrected chi connectivity index (χ4v) is 2.55. The molecule has 0 aliphatic heterocycles. The molecule has 1 aromatic carbocycles. The highest BCUT2D eigenvalue weighted by Gasteiger charge is 2.15. The van der Waals surface area contributed by atoms with E-state index in [0.29, 0.717) is 6.42 Å². The number of para-hydroxylation sites is 1. The largest absolute Gasteiger partial charge is 0.464 e. The van der Waals surface area contributed by atoms with Crippen molar-refractivity contribution in [3.63, 3.8) is 0 Å². The smallest absolute Gasteiger partial charge is 0.228 e. The zero-order valence-corrected chi connectivity index (χ0v) is 12.8. The van der Waals surface area contributed by atoms with Crippen LogP contribution in [0.4, 0.5) is 5.95 Å². The number of hydrogen-bond donors (Lipinski definition) is 2. The molecule has 3 aromatic rings. The Labute approximate surface area is 136 Å². The number of aliphatic hydroxyl groups is 1. The average molecular weight is 339 g/mol. The lowest BCUT2D eigenvalue weighted by molar-refractivity contribution is 0.273. The summed E-state index contributed by atoms with van der Waals surface area (Å²) in [4.78, 5) is 11.5. The Morgan fingerprint density at radius 1 is 1.14 bits per heavy atom. The molecule has 1 atom stereocenters. The van der Waals surface area contributed by atoms with Crippen LogP contribution in [0.5, 0.6) is 0 Å². The summed E-state index contributed by atoms with van der Waals surface area (Å²) in [6.07, 6.45) is 2.22. The molecular weight excluding hydrogens is 327 g/mol. The Morgan fingerprint density at radius 3 is 2.59 bits per heavy atom. The minimum Gasteiger partial charge on any atom is -0.464 e. The number of furan rings is 1. The van der Waals surface area contributed by atoms with Gasteiger partial charge in [-0.25, -0.2) is 0 Å². The lowest BCUT2D eigenvalue weighted by Gasteiger charge is -2.15. The maximum Gasteiger partial charge on any atom is 0.228 e. The second kappa shape index (κ2) is 6.48. The molecule has 0 radical (unpaired) electrons. The molecule has 0 unspecified atom stereocenters. The van der Waals surface area contributed by atoms with E-state index >= 15 is 0 Å². The van der Waals surface area contributed by atoms with E-state index < -0.39 is 0 Å². The standard InChI is InChI=1S/C14H12Cl2N4O2/c15-12-18-13(16)20-14(19-12)17-9(6-21)5-8-7-22-11-4-2-1-3-10(8)11/h1-4,7,9,21H,5-6H2,(H,17,18,19,20)/t9-/m0/s1. The number of fused-ring (bicyclic) bond motifs is 1. The zero-order valence-electron chi connectivity index (χ0n) is 11.3. The van der Waals surface area contributed by atoms with E-state index in [2.05, 4.69) is 20.3 Å². The lowest BCUT2D eigenvalue weighted by atomic mass is 10.1. The number of aliphatic hydroxyl groups excluding tert-OH is 1. The van der Waals surface area contributed by atoms with Crippen LogP contribution in [0, 0.1) is 0 Å². The summed E-state index contributed by atoms with van der Waals surface area (Å²) in [5.41, 5.74) is 1.79. The van der Waals surface area contributed by atoms with Crippen molar-refractivity contribution in [1.29, 1.82) is 0 Å². The van der Waals surface area contributed by atoms with Gasteiger partial charge in [-0.05, 0) is 35.7 Å². The van der Waals surface area contributed by atoms with Crippen molar-refractivity contribution in [2.75, 3.05) is 11.9 Å². The summed E-state index contributed by atoms with van der Waals surface area (Å²) in [5, 5.41) is 13.6. The van der Waals surface area contributed by atoms with E-state index in [0.717, 1.165) is 16.5 Å². The van der Waals surface area contributed by atoms with Crippen LogP contribution in [0.3, 0.4) is 0 Å². The van der Waals surface area contributed by atoms with Crippen molar-refractivity contribution in [2.24, 2.45) is 0 Å². The summed E-state index contributed by atoms with van der Waals surface area (Å²) in [5.74, 6) is 0.219. The Balaban J connectivity index is 1.79. The van der Waals surface area contributed by atoms with Gasteiger partial charge in [0.15, 0.2) is 0 Å². The van der Waals surface area contributed by atoms with Gasteiger partial charge in [-0.1, -0.05) is 18.2 Å². The highest BCUT2D eigenvalue weighted by Crippen LogP contribution is 2.22. The van der Waals surface area contributed by atoms with Crippen LogP contribution < -0.4 is 5.32 Å². The third-order valence-corrected chi connectivity index (χ3v) is 3.50. The van der Waals surface area contributed by atoms with Crippen molar-refractivity contribution in [1.82, 2.24) is 15.0 Å². The monoisotopic (exact) mass is 338 g/mol. The first kappa shape index (κ1) is 15.0. The second-order valence-corrected chi connectivity index (χ2v) is 5.36. The fourth-order valence-electron chi connectivity index (χ4n) is 2.19. The van der Waals surface area contributed by atoms with Crippen LogP contribution in [0.2, 0.25) is 10.6 Å². The van der Waals surface area contributed by atoms with Gasteiger partial charge in [-0.15, -0.1) is 0 Å². The van der Waals surface area contributed by atoms with Gasteiger partial charge in [0.25, 0.3) is 0 Å². The lowest BCUT2D eigenvalue weighted by Crippen LogP contribution is -2.27. The van der Waals surface area contributed by atoms with Gasteiger partial charge >= 0.3 is 0 Å². The predicted octanol–water partition coefficient (Wildman–Crippen LogP) is 2.94. The molecule has 2 heterocycles. The number of rotatable bonds is 5. The molecule has 0 saturated heterocycles. The topological polar surface area (TPSA) is 84.1 Å². The SMILES string of the molecule is OC[C@H](Cc1coc2ccccc12)Nc1nc(Cl)nc(Cl)n1. The first-order chi connectivity index (χ1) is 10.7. The van der Waals surface area contributed by atoms with Crippen LogP contribution in [0.1, 0.15) is 5.56 Å². The van der Waals surface area contributed by atoms with Crippen molar-refractivity contribution in [3.05, 3.63) is 46.7 Å². The molecule has 0 bridgehead atoms. The summed E-state index contributed by atoms with van der Waals surface area (Å²) in [6, 6.07) is 7.40. The van der Waals surface area contributed by atoms with E-state index in [1.165, 1.54) is 0 Å². The third kappa shape index (κ3) is 3.30. The van der Waals surface area contributed by atoms with Crippen LogP contribution in [0.15, 0.2) is 34.9 Å². The van der Waals surface area contributed by atoms with E-state index in [4.69, 9.17) is 27.6 Å². The Bertz CT molecular complexity index is 773. The first-order valence-electron chi connectivity index (χ1n) is 6.55. The second-order valence-electron chi connectivity index (χ2n) is 4.68. The van der Waals surface area contributed by atoms with Crippen LogP contribution in [0.25, 0.3) is 11.0 Å². The normalized spacial score (nSPS) is 12.5. The zero-order chi connectivity index (χ0) is 15.5. The predicted molar refractivity (Wildman–Crippen MR) is 84.3 cm³/mol. The van der Waals surface area contributed by atoms with Gasteiger partial charge in [0, 0.05) is 10.9 Å². The summed E-state index contributed by atoms with van der Waals surface area (Å²) in [6.45, 7) is -0.111. The van der Waals surface area contributed by atoms with Gasteiger partial charge in [0.1, 0.15) is 5.58 Å². The van der Waals surface area contributed by atoms with Crippen LogP contribution in [-0.4, -0.2) is 32.7 Å². The van der Waals surface area contributed by atoms with E-state index in [9.17, 15) is 5.11 Å². The number of halogens is 2. The number of hydrogen-bond acceptors (Lipinski definition) is 6. The van der Waals surface area contributed by atoms with Gasteiger partial charge in [-0.3, -0.25) is 0 Å². The molecule has 0 aliphatic carbocycles. The summed E-state index contributed by atoms with van der Waals surface area (Å²) >= 11 is 11.5. The molecule has 22 heavy (non-hydrogen) atoms. The van der Waals surface area contributed by atoms with Crippen molar-refractivity contribution >= 4 is 40.1 Å². The summed E-state index contributed by atoms with van der Waals surface area (Å²) in [7, 11) is 0. The molecule has 8 heteroatoms. The number of nitrogens with zero attached hydrogens (tertiary/aromatic N) is 3. The molecule has 6 nitrogen and oxygen atoms in total. The third-order valence-electron chi connectivity index (χ3n) is 3.16. The Hall–Kier alpha value is -1.89. The van der Waals surface area contributed by atoms with Crippen molar-refractivity contribution in [3.8, 4) is 0 Å². The maximum absolute atomic E-state index is 9.57. The fraction of sp³-hybridized carbons (Fsp3) is 0.214. The minimum atomic E-state index is -0.310. The number of anilines is 1. The molecule has 0 fully saturated rings. The molecule has 0 saturated carbocycles. The molecule has 0 spiro atoms. The Kier molecular flexibility index (Phi) is 4.42. The van der Waals surface area contributed by atoms with Crippen molar-refractivity contribution in [2.45, 2.75) is 12.5 Å². The molecule has 114 valence electrons. The molecule has 0 amide bonds. The van der Waals surface area contributed by atoms with Gasteiger partial charge < -0.3 is 14.8 Å². The van der Waals surface area contributed by atoms with Gasteiger partial charge in [0.2, 0.25) is 16.5 Å². The van der Waals surface area contributed by atoms with Crippen molar-refractivity contribution < 1.29 is 9.52 Å². The quantitative estimate of drug-likeness (QED) is 0.744. The van der Waals surface area contributed by atoms with E-state index in [1.807, 2.05) is 24.3 Å². The summed E-state index contributed by atoms with van der Waals surface area (Å²) < 4.78 is 5.49. The minimum absolute atomic E-state index is 0.00653. The molecule has 2 aromatic heterocycles. The molecular formula is C14H12Cl2N4O2. The average Bonchev–Trinajstić information content (AvgIpc) is 2.89. The van der Waals surface area contributed by atoms with Crippen LogP contribution in [-0.2, 0) is 6.42 Å². The highest BCUT2D eigenvalue weighted by molar-refractivity contribution is 6.31. The Morgan fingerprint density at radius 2 is 1.86 bits per heavy atom. The highest BCUT2D eigenvalue weighted by atomic mass is 35.5. The number of nitrogens with one attached hydrogen (secondary N) is 1. The van der Waals surface area contributed by atoms with E-state index in [1.54, 1.807) is 6.26 Å².